The van der Waals surface area contributed by atoms with Gasteiger partial charge in [-0.3, -0.25) is 9.69 Å². The average molecular weight is 257 g/mol. The van der Waals surface area contributed by atoms with Gasteiger partial charge in [0.05, 0.1) is 0 Å². The second-order valence-electron chi connectivity index (χ2n) is 4.40. The van der Waals surface area contributed by atoms with Crippen LogP contribution in [0.15, 0.2) is 29.2 Å². The maximum absolute atomic E-state index is 11.5. The van der Waals surface area contributed by atoms with E-state index in [-0.39, 0.29) is 5.56 Å². The molecule has 0 aromatic carbocycles. The molecule has 1 aromatic rings. The predicted molar refractivity (Wildman–Crippen MR) is 72.7 cm³/mol. The van der Waals surface area contributed by atoms with Gasteiger partial charge in [0, 0.05) is 37.3 Å². The minimum atomic E-state index is 0.0635. The largest absolute Gasteiger partial charge is 0.314 e. The van der Waals surface area contributed by atoms with Crippen molar-refractivity contribution in [2.24, 2.45) is 0 Å². The number of halogens is 1. The smallest absolute Gasteiger partial charge is 0.250 e. The van der Waals surface area contributed by atoms with E-state index in [0.717, 1.165) is 26.1 Å². The molecule has 0 aliphatic heterocycles. The summed E-state index contributed by atoms with van der Waals surface area (Å²) in [5.41, 5.74) is 0.0635. The van der Waals surface area contributed by atoms with Crippen LogP contribution >= 0.6 is 11.6 Å². The number of hydrogen-bond donors (Lipinski definition) is 0. The molecule has 1 aromatic heterocycles. The molecule has 0 unspecified atom stereocenters. The molecule has 0 atom stereocenters. The molecule has 3 nitrogen and oxygen atoms in total. The lowest BCUT2D eigenvalue weighted by Crippen LogP contribution is -2.36. The predicted octanol–water partition coefficient (Wildman–Crippen LogP) is 2.19. The van der Waals surface area contributed by atoms with Gasteiger partial charge in [-0.25, -0.2) is 0 Å². The van der Waals surface area contributed by atoms with Crippen molar-refractivity contribution in [3.05, 3.63) is 34.7 Å². The van der Waals surface area contributed by atoms with Crippen LogP contribution in [0, 0.1) is 0 Å². The van der Waals surface area contributed by atoms with Crippen molar-refractivity contribution in [1.29, 1.82) is 0 Å². The van der Waals surface area contributed by atoms with E-state index in [1.807, 2.05) is 12.3 Å². The summed E-state index contributed by atoms with van der Waals surface area (Å²) in [4.78, 5) is 13.9. The van der Waals surface area contributed by atoms with Crippen molar-refractivity contribution < 1.29 is 0 Å². The Hall–Kier alpha value is -0.800. The van der Waals surface area contributed by atoms with Gasteiger partial charge in [0.25, 0.3) is 5.56 Å². The Labute approximate surface area is 108 Å². The molecule has 0 fully saturated rings. The molecule has 0 saturated carbocycles. The minimum Gasteiger partial charge on any atom is -0.314 e. The normalized spacial score (nSPS) is 11.4. The second kappa shape index (κ2) is 7.51. The molecule has 1 heterocycles. The van der Waals surface area contributed by atoms with E-state index >= 15 is 0 Å². The number of rotatable bonds is 7. The maximum Gasteiger partial charge on any atom is 0.250 e. The highest BCUT2D eigenvalue weighted by Gasteiger charge is 2.08. The fraction of sp³-hybridized carbons (Fsp3) is 0.615. The van der Waals surface area contributed by atoms with Crippen LogP contribution in [0.4, 0.5) is 0 Å². The van der Waals surface area contributed by atoms with E-state index in [1.54, 1.807) is 16.7 Å². The number of nitrogens with zero attached hydrogens (tertiary/aromatic N) is 2. The summed E-state index contributed by atoms with van der Waals surface area (Å²) in [7, 11) is 0. The molecule has 17 heavy (non-hydrogen) atoms. The Kier molecular flexibility index (Phi) is 6.30. The lowest BCUT2D eigenvalue weighted by atomic mass is 10.3. The van der Waals surface area contributed by atoms with Crippen LogP contribution in [0.25, 0.3) is 0 Å². The van der Waals surface area contributed by atoms with E-state index in [4.69, 9.17) is 11.6 Å². The molecule has 0 N–H and O–H groups in total. The van der Waals surface area contributed by atoms with Crippen LogP contribution in [-0.2, 0) is 6.54 Å². The van der Waals surface area contributed by atoms with Crippen molar-refractivity contribution >= 4 is 11.6 Å². The third-order valence-corrected chi connectivity index (χ3v) is 3.10. The summed E-state index contributed by atoms with van der Waals surface area (Å²) >= 11 is 5.71. The van der Waals surface area contributed by atoms with Crippen LogP contribution in [0.1, 0.15) is 20.3 Å². The van der Waals surface area contributed by atoms with E-state index in [1.165, 1.54) is 0 Å². The van der Waals surface area contributed by atoms with Crippen molar-refractivity contribution in [1.82, 2.24) is 9.47 Å². The first-order valence-corrected chi connectivity index (χ1v) is 6.64. The SMILES string of the molecule is CC(C)N(CCCCl)CCn1ccccc1=O. The summed E-state index contributed by atoms with van der Waals surface area (Å²) in [6, 6.07) is 5.74. The molecule has 0 aliphatic rings. The number of aromatic nitrogens is 1. The quantitative estimate of drug-likeness (QED) is 0.699. The molecular weight excluding hydrogens is 236 g/mol. The van der Waals surface area contributed by atoms with Gasteiger partial charge in [0.1, 0.15) is 0 Å². The van der Waals surface area contributed by atoms with Gasteiger partial charge in [0.15, 0.2) is 0 Å². The highest BCUT2D eigenvalue weighted by molar-refractivity contribution is 6.17. The van der Waals surface area contributed by atoms with Crippen LogP contribution in [0.5, 0.6) is 0 Å². The molecular formula is C13H21ClN2O. The number of hydrogen-bond acceptors (Lipinski definition) is 2. The minimum absolute atomic E-state index is 0.0635. The van der Waals surface area contributed by atoms with Crippen molar-refractivity contribution in [2.45, 2.75) is 32.9 Å². The lowest BCUT2D eigenvalue weighted by molar-refractivity contribution is 0.213. The summed E-state index contributed by atoms with van der Waals surface area (Å²) < 4.78 is 1.75. The molecule has 96 valence electrons. The molecule has 0 saturated heterocycles. The van der Waals surface area contributed by atoms with Crippen LogP contribution in [0.3, 0.4) is 0 Å². The highest BCUT2D eigenvalue weighted by atomic mass is 35.5. The van der Waals surface area contributed by atoms with E-state index in [2.05, 4.69) is 18.7 Å². The van der Waals surface area contributed by atoms with E-state index in [9.17, 15) is 4.79 Å². The second-order valence-corrected chi connectivity index (χ2v) is 4.78. The molecule has 0 spiro atoms. The fourth-order valence-corrected chi connectivity index (χ4v) is 1.89. The van der Waals surface area contributed by atoms with E-state index < -0.39 is 0 Å². The van der Waals surface area contributed by atoms with Gasteiger partial charge in [-0.05, 0) is 32.9 Å². The molecule has 0 radical (unpaired) electrons. The van der Waals surface area contributed by atoms with Crippen molar-refractivity contribution in [3.63, 3.8) is 0 Å². The maximum atomic E-state index is 11.5. The highest BCUT2D eigenvalue weighted by Crippen LogP contribution is 2.01. The fourth-order valence-electron chi connectivity index (χ4n) is 1.77. The Bertz CT molecular complexity index is 376. The van der Waals surface area contributed by atoms with Crippen molar-refractivity contribution in [3.8, 4) is 0 Å². The average Bonchev–Trinajstić information content (AvgIpc) is 2.31. The topological polar surface area (TPSA) is 25.2 Å². The zero-order valence-corrected chi connectivity index (χ0v) is 11.4. The van der Waals surface area contributed by atoms with Crippen LogP contribution < -0.4 is 5.56 Å². The first-order valence-electron chi connectivity index (χ1n) is 6.10. The van der Waals surface area contributed by atoms with Gasteiger partial charge < -0.3 is 4.57 Å². The summed E-state index contributed by atoms with van der Waals surface area (Å²) in [5, 5.41) is 0. The molecule has 4 heteroatoms. The third kappa shape index (κ3) is 4.92. The molecule has 1 rings (SSSR count). The van der Waals surface area contributed by atoms with Gasteiger partial charge in [0.2, 0.25) is 0 Å². The monoisotopic (exact) mass is 256 g/mol. The summed E-state index contributed by atoms with van der Waals surface area (Å²) in [5.74, 6) is 0.689. The van der Waals surface area contributed by atoms with Crippen molar-refractivity contribution in [2.75, 3.05) is 19.0 Å². The van der Waals surface area contributed by atoms with Gasteiger partial charge in [-0.2, -0.15) is 0 Å². The molecule has 0 bridgehead atoms. The van der Waals surface area contributed by atoms with Gasteiger partial charge in [-0.1, -0.05) is 6.07 Å². The molecule has 0 amide bonds. The van der Waals surface area contributed by atoms with Gasteiger partial charge in [-0.15, -0.1) is 11.6 Å². The van der Waals surface area contributed by atoms with E-state index in [0.29, 0.717) is 11.9 Å². The first-order chi connectivity index (χ1) is 8.15. The van der Waals surface area contributed by atoms with Crippen LogP contribution in [0.2, 0.25) is 0 Å². The van der Waals surface area contributed by atoms with Crippen LogP contribution in [-0.4, -0.2) is 34.5 Å². The Morgan fingerprint density at radius 2 is 2.12 bits per heavy atom. The molecule has 0 aliphatic carbocycles. The first kappa shape index (κ1) is 14.3. The Morgan fingerprint density at radius 3 is 2.71 bits per heavy atom. The Morgan fingerprint density at radius 1 is 1.35 bits per heavy atom. The summed E-state index contributed by atoms with van der Waals surface area (Å²) in [6.45, 7) is 6.95. The third-order valence-electron chi connectivity index (χ3n) is 2.84. The Balaban J connectivity index is 2.52. The zero-order valence-electron chi connectivity index (χ0n) is 10.6. The summed E-state index contributed by atoms with van der Waals surface area (Å²) in [6.07, 6.45) is 2.83. The number of pyridine rings is 1. The lowest BCUT2D eigenvalue weighted by Gasteiger charge is -2.26. The number of alkyl halides is 1. The zero-order chi connectivity index (χ0) is 12.7. The van der Waals surface area contributed by atoms with Gasteiger partial charge >= 0.3 is 0 Å². The standard InChI is InChI=1S/C13H21ClN2O/c1-12(2)15(9-5-7-14)10-11-16-8-4-3-6-13(16)17/h3-4,6,8,12H,5,7,9-11H2,1-2H3.